The van der Waals surface area contributed by atoms with E-state index in [0.29, 0.717) is 5.56 Å². The third-order valence-electron chi connectivity index (χ3n) is 1.91. The average molecular weight is 276 g/mol. The molecule has 0 bridgehead atoms. The number of hydrogen-bond acceptors (Lipinski definition) is 5. The van der Waals surface area contributed by atoms with E-state index in [-0.39, 0.29) is 23.3 Å². The fraction of sp³-hybridized carbons (Fsp3) is 0.273. The van der Waals surface area contributed by atoms with Crippen molar-refractivity contribution in [1.82, 2.24) is 0 Å². The van der Waals surface area contributed by atoms with Gasteiger partial charge in [0, 0.05) is 11.3 Å². The van der Waals surface area contributed by atoms with Gasteiger partial charge in [0.25, 0.3) is 0 Å². The molecule has 1 rings (SSSR count). The van der Waals surface area contributed by atoms with Crippen LogP contribution in [-0.4, -0.2) is 30.0 Å². The van der Waals surface area contributed by atoms with Crippen molar-refractivity contribution in [3.05, 3.63) is 35.9 Å². The maximum Gasteiger partial charge on any atom is 0.323 e. The second-order valence-electron chi connectivity index (χ2n) is 3.09. The van der Waals surface area contributed by atoms with Gasteiger partial charge in [0.15, 0.2) is 0 Å². The van der Waals surface area contributed by atoms with Crippen molar-refractivity contribution in [1.29, 1.82) is 0 Å². The molecule has 0 aliphatic carbocycles. The van der Waals surface area contributed by atoms with Crippen LogP contribution >= 0.6 is 24.2 Å². The van der Waals surface area contributed by atoms with E-state index < -0.39 is 12.0 Å². The molecule has 94 valence electrons. The van der Waals surface area contributed by atoms with Crippen molar-refractivity contribution in [2.45, 2.75) is 6.04 Å². The molecule has 0 aliphatic rings. The number of hydrogen-bond donors (Lipinski definition) is 1. The summed E-state index contributed by atoms with van der Waals surface area (Å²) < 4.78 is 4.46. The maximum atomic E-state index is 11.6. The summed E-state index contributed by atoms with van der Waals surface area (Å²) in [7, 11) is 1.27. The van der Waals surface area contributed by atoms with Crippen LogP contribution in [-0.2, 0) is 9.53 Å². The highest BCUT2D eigenvalue weighted by atomic mass is 35.5. The lowest BCUT2D eigenvalue weighted by atomic mass is 10.2. The Labute approximate surface area is 110 Å². The lowest BCUT2D eigenvalue weighted by Gasteiger charge is -2.07. The zero-order chi connectivity index (χ0) is 12.0. The van der Waals surface area contributed by atoms with Gasteiger partial charge in [-0.15, -0.1) is 12.4 Å². The minimum absolute atomic E-state index is 0. The van der Waals surface area contributed by atoms with E-state index in [2.05, 4.69) is 4.74 Å². The number of methoxy groups -OCH3 is 1. The van der Waals surface area contributed by atoms with Gasteiger partial charge in [0.05, 0.1) is 7.11 Å². The molecule has 17 heavy (non-hydrogen) atoms. The van der Waals surface area contributed by atoms with Gasteiger partial charge in [0.1, 0.15) is 6.04 Å². The molecule has 0 aliphatic heterocycles. The molecule has 6 heteroatoms. The average Bonchev–Trinajstić information content (AvgIpc) is 2.35. The van der Waals surface area contributed by atoms with Crippen molar-refractivity contribution in [3.8, 4) is 0 Å². The number of carbonyl (C=O) groups is 2. The van der Waals surface area contributed by atoms with E-state index >= 15 is 0 Å². The molecule has 1 atom stereocenters. The Morgan fingerprint density at radius 2 is 1.94 bits per heavy atom. The van der Waals surface area contributed by atoms with Crippen LogP contribution < -0.4 is 5.73 Å². The SMILES string of the molecule is COC(=O)C(N)CSC(=O)c1ccccc1.Cl. The van der Waals surface area contributed by atoms with Crippen LogP contribution in [0.5, 0.6) is 0 Å². The summed E-state index contributed by atoms with van der Waals surface area (Å²) in [5.74, 6) is -0.284. The van der Waals surface area contributed by atoms with Crippen LogP contribution in [0.25, 0.3) is 0 Å². The number of esters is 1. The molecule has 0 radical (unpaired) electrons. The maximum absolute atomic E-state index is 11.6. The highest BCUT2D eigenvalue weighted by Crippen LogP contribution is 2.12. The molecule has 1 unspecified atom stereocenters. The van der Waals surface area contributed by atoms with Gasteiger partial charge in [0.2, 0.25) is 5.12 Å². The minimum Gasteiger partial charge on any atom is -0.468 e. The molecule has 4 nitrogen and oxygen atoms in total. The fourth-order valence-corrected chi connectivity index (χ4v) is 1.81. The molecule has 2 N–H and O–H groups in total. The van der Waals surface area contributed by atoms with Gasteiger partial charge < -0.3 is 10.5 Å². The van der Waals surface area contributed by atoms with Crippen LogP contribution in [0.1, 0.15) is 10.4 Å². The topological polar surface area (TPSA) is 69.4 Å². The van der Waals surface area contributed by atoms with Crippen molar-refractivity contribution >= 4 is 35.3 Å². The van der Waals surface area contributed by atoms with Gasteiger partial charge in [-0.05, 0) is 0 Å². The summed E-state index contributed by atoms with van der Waals surface area (Å²) in [6.07, 6.45) is 0. The lowest BCUT2D eigenvalue weighted by Crippen LogP contribution is -2.34. The Morgan fingerprint density at radius 3 is 2.47 bits per heavy atom. The first kappa shape index (κ1) is 16.0. The van der Waals surface area contributed by atoms with Gasteiger partial charge in [-0.2, -0.15) is 0 Å². The lowest BCUT2D eigenvalue weighted by molar-refractivity contribution is -0.141. The second-order valence-corrected chi connectivity index (χ2v) is 4.09. The van der Waals surface area contributed by atoms with E-state index in [4.69, 9.17) is 5.73 Å². The predicted molar refractivity (Wildman–Crippen MR) is 70.5 cm³/mol. The Hall–Kier alpha value is -1.04. The molecule has 1 aromatic carbocycles. The number of ether oxygens (including phenoxy) is 1. The number of benzene rings is 1. The molecule has 0 saturated carbocycles. The molecule has 1 aromatic rings. The van der Waals surface area contributed by atoms with Crippen molar-refractivity contribution < 1.29 is 14.3 Å². The summed E-state index contributed by atoms with van der Waals surface area (Å²) in [5.41, 5.74) is 6.11. The normalized spacial score (nSPS) is 11.2. The van der Waals surface area contributed by atoms with E-state index in [1.54, 1.807) is 24.3 Å². The third kappa shape index (κ3) is 5.21. The molecule has 0 spiro atoms. The number of thioether (sulfide) groups is 1. The van der Waals surface area contributed by atoms with E-state index in [1.807, 2.05) is 6.07 Å². The van der Waals surface area contributed by atoms with Crippen LogP contribution in [0.3, 0.4) is 0 Å². The van der Waals surface area contributed by atoms with E-state index in [9.17, 15) is 9.59 Å². The first-order chi connectivity index (χ1) is 7.65. The summed E-state index contributed by atoms with van der Waals surface area (Å²) in [5, 5.41) is -0.0973. The van der Waals surface area contributed by atoms with E-state index in [0.717, 1.165) is 11.8 Å². The van der Waals surface area contributed by atoms with Crippen LogP contribution in [0.15, 0.2) is 30.3 Å². The van der Waals surface area contributed by atoms with Gasteiger partial charge in [-0.3, -0.25) is 9.59 Å². The monoisotopic (exact) mass is 275 g/mol. The zero-order valence-electron chi connectivity index (χ0n) is 9.29. The number of rotatable bonds is 4. The molecule has 0 amide bonds. The number of nitrogens with two attached hydrogens (primary N) is 1. The molecule has 0 saturated heterocycles. The van der Waals surface area contributed by atoms with Crippen molar-refractivity contribution in [3.63, 3.8) is 0 Å². The Bertz CT molecular complexity index is 372. The van der Waals surface area contributed by atoms with E-state index in [1.165, 1.54) is 7.11 Å². The third-order valence-corrected chi connectivity index (χ3v) is 2.93. The summed E-state index contributed by atoms with van der Waals surface area (Å²) in [4.78, 5) is 22.6. The summed E-state index contributed by atoms with van der Waals surface area (Å²) in [6.45, 7) is 0. The fourth-order valence-electron chi connectivity index (χ4n) is 1.04. The Balaban J connectivity index is 0.00000256. The Morgan fingerprint density at radius 1 is 1.35 bits per heavy atom. The number of carbonyl (C=O) groups excluding carboxylic acids is 2. The standard InChI is InChI=1S/C11H13NO3S.ClH/c1-15-10(13)9(12)7-16-11(14)8-5-3-2-4-6-8;/h2-6,9H,7,12H2,1H3;1H. The molecular formula is C11H14ClNO3S. The van der Waals surface area contributed by atoms with Gasteiger partial charge in [-0.1, -0.05) is 42.1 Å². The largest absolute Gasteiger partial charge is 0.468 e. The van der Waals surface area contributed by atoms with Crippen LogP contribution in [0, 0.1) is 0 Å². The molecule has 0 heterocycles. The van der Waals surface area contributed by atoms with Crippen LogP contribution in [0.4, 0.5) is 0 Å². The smallest absolute Gasteiger partial charge is 0.323 e. The van der Waals surface area contributed by atoms with Crippen molar-refractivity contribution in [2.75, 3.05) is 12.9 Å². The number of halogens is 1. The zero-order valence-corrected chi connectivity index (χ0v) is 10.9. The first-order valence-electron chi connectivity index (χ1n) is 4.70. The Kier molecular flexibility index (Phi) is 7.61. The molecular weight excluding hydrogens is 262 g/mol. The molecule has 0 fully saturated rings. The highest BCUT2D eigenvalue weighted by molar-refractivity contribution is 8.14. The predicted octanol–water partition coefficient (Wildman–Crippen LogP) is 1.48. The van der Waals surface area contributed by atoms with Gasteiger partial charge >= 0.3 is 5.97 Å². The van der Waals surface area contributed by atoms with Crippen molar-refractivity contribution in [2.24, 2.45) is 5.73 Å². The highest BCUT2D eigenvalue weighted by Gasteiger charge is 2.16. The minimum atomic E-state index is -0.761. The molecule has 0 aromatic heterocycles. The summed E-state index contributed by atoms with van der Waals surface area (Å²) >= 11 is 1.02. The first-order valence-corrected chi connectivity index (χ1v) is 5.69. The van der Waals surface area contributed by atoms with Gasteiger partial charge in [-0.25, -0.2) is 0 Å². The quantitative estimate of drug-likeness (QED) is 0.843. The van der Waals surface area contributed by atoms with Crippen LogP contribution in [0.2, 0.25) is 0 Å². The summed E-state index contributed by atoms with van der Waals surface area (Å²) in [6, 6.07) is 8.09. The second kappa shape index (κ2) is 8.11.